The Labute approximate surface area is 156 Å². The van der Waals surface area contributed by atoms with Crippen LogP contribution in [0.5, 0.6) is 0 Å². The molecular weight excluding hydrogens is 324 g/mol. The van der Waals surface area contributed by atoms with Gasteiger partial charge in [0.05, 0.1) is 12.8 Å². The van der Waals surface area contributed by atoms with E-state index in [9.17, 15) is 5.11 Å². The molecule has 4 rings (SSSR count). The lowest BCUT2D eigenvalue weighted by Crippen LogP contribution is -2.50. The largest absolute Gasteiger partial charge is 0.396 e. The lowest BCUT2D eigenvalue weighted by molar-refractivity contribution is 0.00738. The number of hydrogen-bond acceptors (Lipinski definition) is 4. The molecule has 2 saturated heterocycles. The Hall–Kier alpha value is -1.69. The van der Waals surface area contributed by atoms with E-state index >= 15 is 0 Å². The fourth-order valence-corrected chi connectivity index (χ4v) is 4.83. The number of fused-ring (bicyclic) bond motifs is 1. The zero-order valence-corrected chi connectivity index (χ0v) is 15.7. The number of benzene rings is 1. The first kappa shape index (κ1) is 17.7. The summed E-state index contributed by atoms with van der Waals surface area (Å²) in [5.41, 5.74) is 2.66. The van der Waals surface area contributed by atoms with Gasteiger partial charge in [0.2, 0.25) is 0 Å². The van der Waals surface area contributed by atoms with Crippen LogP contribution in [-0.4, -0.2) is 57.5 Å². The molecule has 2 atom stereocenters. The quantitative estimate of drug-likeness (QED) is 0.864. The first-order valence-electron chi connectivity index (χ1n) is 9.81. The summed E-state index contributed by atoms with van der Waals surface area (Å²) >= 11 is 0. The molecular formula is C21H30N4O. The number of rotatable bonds is 6. The molecule has 1 aromatic carbocycles. The second kappa shape index (κ2) is 7.51. The second-order valence-corrected chi connectivity index (χ2v) is 8.08. The molecule has 2 aromatic rings. The van der Waals surface area contributed by atoms with Crippen LogP contribution in [0.25, 0.3) is 0 Å². The number of aryl methyl sites for hydroxylation is 1. The Morgan fingerprint density at radius 1 is 1.12 bits per heavy atom. The molecule has 0 aliphatic carbocycles. The van der Waals surface area contributed by atoms with Crippen LogP contribution in [0.1, 0.15) is 24.5 Å². The number of aromatic nitrogens is 2. The van der Waals surface area contributed by atoms with Crippen LogP contribution in [0.15, 0.2) is 42.7 Å². The molecule has 0 unspecified atom stereocenters. The highest BCUT2D eigenvalue weighted by atomic mass is 16.3. The summed E-state index contributed by atoms with van der Waals surface area (Å²) in [7, 11) is 0. The maximum absolute atomic E-state index is 10.3. The van der Waals surface area contributed by atoms with Crippen molar-refractivity contribution in [1.82, 2.24) is 19.6 Å². The first-order chi connectivity index (χ1) is 12.7. The van der Waals surface area contributed by atoms with E-state index < -0.39 is 0 Å². The molecule has 140 valence electrons. The molecule has 0 radical (unpaired) electrons. The van der Waals surface area contributed by atoms with Gasteiger partial charge in [-0.05, 0) is 31.4 Å². The van der Waals surface area contributed by atoms with E-state index in [0.29, 0.717) is 5.92 Å². The van der Waals surface area contributed by atoms with Crippen molar-refractivity contribution in [1.29, 1.82) is 0 Å². The van der Waals surface area contributed by atoms with Crippen molar-refractivity contribution < 1.29 is 5.11 Å². The minimum atomic E-state index is 0.0216. The number of hydrogen-bond donors (Lipinski definition) is 1. The zero-order chi connectivity index (χ0) is 18.0. The summed E-state index contributed by atoms with van der Waals surface area (Å²) in [6, 6.07) is 10.7. The average Bonchev–Trinajstić information content (AvgIpc) is 3.26. The average molecular weight is 354 g/mol. The Morgan fingerprint density at radius 2 is 1.88 bits per heavy atom. The van der Waals surface area contributed by atoms with Gasteiger partial charge in [-0.3, -0.25) is 14.5 Å². The minimum absolute atomic E-state index is 0.0216. The molecule has 0 saturated carbocycles. The van der Waals surface area contributed by atoms with E-state index in [-0.39, 0.29) is 12.0 Å². The normalized spacial score (nSPS) is 26.9. The van der Waals surface area contributed by atoms with Gasteiger partial charge in [0.25, 0.3) is 0 Å². The lowest BCUT2D eigenvalue weighted by atomic mass is 9.74. The molecule has 2 aliphatic heterocycles. The number of likely N-dealkylation sites (tertiary alicyclic amines) is 2. The molecule has 0 spiro atoms. The Kier molecular flexibility index (Phi) is 5.11. The highest BCUT2D eigenvalue weighted by molar-refractivity contribution is 5.15. The second-order valence-electron chi connectivity index (χ2n) is 8.08. The predicted octanol–water partition coefficient (Wildman–Crippen LogP) is 2.22. The van der Waals surface area contributed by atoms with Crippen molar-refractivity contribution in [2.75, 3.05) is 32.8 Å². The molecule has 5 heteroatoms. The Morgan fingerprint density at radius 3 is 2.62 bits per heavy atom. The third-order valence-corrected chi connectivity index (χ3v) is 6.20. The third kappa shape index (κ3) is 3.56. The van der Waals surface area contributed by atoms with E-state index in [0.717, 1.165) is 45.8 Å². The fourth-order valence-electron chi connectivity index (χ4n) is 4.83. The predicted molar refractivity (Wildman–Crippen MR) is 103 cm³/mol. The van der Waals surface area contributed by atoms with Crippen molar-refractivity contribution in [2.24, 2.45) is 11.3 Å². The van der Waals surface area contributed by atoms with Crippen LogP contribution in [0, 0.1) is 11.3 Å². The van der Waals surface area contributed by atoms with E-state index in [4.69, 9.17) is 0 Å². The van der Waals surface area contributed by atoms with Gasteiger partial charge >= 0.3 is 0 Å². The molecule has 2 fully saturated rings. The minimum Gasteiger partial charge on any atom is -0.396 e. The van der Waals surface area contributed by atoms with Gasteiger partial charge in [-0.2, -0.15) is 5.10 Å². The Bertz CT molecular complexity index is 716. The highest BCUT2D eigenvalue weighted by Gasteiger charge is 2.49. The molecule has 1 aromatic heterocycles. The van der Waals surface area contributed by atoms with Crippen LogP contribution < -0.4 is 0 Å². The van der Waals surface area contributed by atoms with Gasteiger partial charge in [0.15, 0.2) is 0 Å². The van der Waals surface area contributed by atoms with Crippen LogP contribution in [0.4, 0.5) is 0 Å². The van der Waals surface area contributed by atoms with Gasteiger partial charge in [-0.25, -0.2) is 0 Å². The summed E-state index contributed by atoms with van der Waals surface area (Å²) < 4.78 is 1.99. The summed E-state index contributed by atoms with van der Waals surface area (Å²) in [6.45, 7) is 9.44. The van der Waals surface area contributed by atoms with Gasteiger partial charge in [0.1, 0.15) is 0 Å². The van der Waals surface area contributed by atoms with Crippen LogP contribution >= 0.6 is 0 Å². The van der Waals surface area contributed by atoms with Gasteiger partial charge in [-0.15, -0.1) is 0 Å². The van der Waals surface area contributed by atoms with E-state index in [2.05, 4.69) is 58.4 Å². The van der Waals surface area contributed by atoms with E-state index in [1.807, 2.05) is 10.9 Å². The summed E-state index contributed by atoms with van der Waals surface area (Å²) in [4.78, 5) is 5.05. The number of aliphatic hydroxyl groups excluding tert-OH is 1. The first-order valence-corrected chi connectivity index (χ1v) is 9.81. The monoisotopic (exact) mass is 354 g/mol. The molecule has 26 heavy (non-hydrogen) atoms. The topological polar surface area (TPSA) is 44.5 Å². The number of piperidine rings is 1. The van der Waals surface area contributed by atoms with E-state index in [1.165, 1.54) is 17.5 Å². The molecule has 2 aliphatic rings. The molecule has 0 bridgehead atoms. The lowest BCUT2D eigenvalue weighted by Gasteiger charge is -2.43. The van der Waals surface area contributed by atoms with Crippen LogP contribution in [-0.2, 0) is 19.6 Å². The number of nitrogens with zero attached hydrogens (tertiary/aromatic N) is 4. The maximum atomic E-state index is 10.3. The highest BCUT2D eigenvalue weighted by Crippen LogP contribution is 2.42. The number of aliphatic hydroxyl groups is 1. The molecule has 3 heterocycles. The van der Waals surface area contributed by atoms with Crippen molar-refractivity contribution in [3.05, 3.63) is 53.9 Å². The molecule has 0 amide bonds. The standard InChI is InChI=1S/C21H30N4O/c1-2-25-13-19(10-22-25)12-23-9-8-20-14-24(16-21(20,15-23)17-26)11-18-6-4-3-5-7-18/h3-7,10,13,20,26H,2,8-9,11-12,14-17H2,1H3/t20-,21+/m0/s1. The summed E-state index contributed by atoms with van der Waals surface area (Å²) in [5.74, 6) is 0.603. The third-order valence-electron chi connectivity index (χ3n) is 6.20. The zero-order valence-electron chi connectivity index (χ0n) is 15.7. The Balaban J connectivity index is 1.41. The van der Waals surface area contributed by atoms with Crippen LogP contribution in [0.3, 0.4) is 0 Å². The van der Waals surface area contributed by atoms with Crippen LogP contribution in [0.2, 0.25) is 0 Å². The molecule has 1 N–H and O–H groups in total. The summed E-state index contributed by atoms with van der Waals surface area (Å²) in [5, 5.41) is 14.7. The van der Waals surface area contributed by atoms with Crippen molar-refractivity contribution in [3.8, 4) is 0 Å². The maximum Gasteiger partial charge on any atom is 0.0534 e. The van der Waals surface area contributed by atoms with Gasteiger partial charge in [0, 0.05) is 56.4 Å². The summed E-state index contributed by atoms with van der Waals surface area (Å²) in [6.07, 6.45) is 5.30. The van der Waals surface area contributed by atoms with E-state index in [1.54, 1.807) is 0 Å². The van der Waals surface area contributed by atoms with Crippen molar-refractivity contribution in [3.63, 3.8) is 0 Å². The fraction of sp³-hybridized carbons (Fsp3) is 0.571. The molecule has 5 nitrogen and oxygen atoms in total. The van der Waals surface area contributed by atoms with Gasteiger partial charge in [-0.1, -0.05) is 30.3 Å². The SMILES string of the molecule is CCn1cc(CN2CC[C@H]3CN(Cc4ccccc4)C[C@@]3(CO)C2)cn1. The van der Waals surface area contributed by atoms with Gasteiger partial charge < -0.3 is 5.11 Å². The van der Waals surface area contributed by atoms with Crippen molar-refractivity contribution >= 4 is 0 Å². The smallest absolute Gasteiger partial charge is 0.0534 e. The van der Waals surface area contributed by atoms with Crippen molar-refractivity contribution in [2.45, 2.75) is 33.0 Å².